The number of carbonyl (C=O) groups excluding carboxylic acids is 1. The second kappa shape index (κ2) is 6.98. The summed E-state index contributed by atoms with van der Waals surface area (Å²) in [5.74, 6) is -0.954. The summed E-state index contributed by atoms with van der Waals surface area (Å²) < 4.78 is 9.90. The van der Waals surface area contributed by atoms with Crippen molar-refractivity contribution in [2.24, 2.45) is 0 Å². The van der Waals surface area contributed by atoms with Gasteiger partial charge in [-0.1, -0.05) is 0 Å². The second-order valence-corrected chi connectivity index (χ2v) is 4.91. The number of hydrogen-bond acceptors (Lipinski definition) is 9. The largest absolute Gasteiger partial charge is 0.429 e. The van der Waals surface area contributed by atoms with Gasteiger partial charge in [0.25, 0.3) is 5.69 Å². The second-order valence-electron chi connectivity index (χ2n) is 4.91. The molecule has 4 N–H and O–H groups in total. The Hall–Kier alpha value is -2.11. The average molecular weight is 329 g/mol. The molecule has 126 valence electrons. The molecule has 1 aromatic carbocycles. The van der Waals surface area contributed by atoms with E-state index in [1.165, 1.54) is 0 Å². The zero-order valence-electron chi connectivity index (χ0n) is 11.7. The van der Waals surface area contributed by atoms with E-state index in [9.17, 15) is 30.2 Å². The first-order chi connectivity index (χ1) is 10.8. The SMILES string of the molecule is O=C(O[C@H]1O[C@H](CO)[C@@H](O)[C@H](O)[C@@H]1O)c1ccc([N+](=O)[O-])cc1. The van der Waals surface area contributed by atoms with Crippen molar-refractivity contribution in [3.63, 3.8) is 0 Å². The van der Waals surface area contributed by atoms with E-state index in [4.69, 9.17) is 14.6 Å². The molecule has 5 atom stereocenters. The molecule has 0 spiro atoms. The predicted molar refractivity (Wildman–Crippen MR) is 72.3 cm³/mol. The van der Waals surface area contributed by atoms with Gasteiger partial charge in [-0.25, -0.2) is 4.79 Å². The van der Waals surface area contributed by atoms with Crippen LogP contribution in [-0.4, -0.2) is 68.6 Å². The minimum absolute atomic E-state index is 0.0347. The van der Waals surface area contributed by atoms with Gasteiger partial charge in [0.1, 0.15) is 24.4 Å². The fraction of sp³-hybridized carbons (Fsp3) is 0.462. The Morgan fingerprint density at radius 3 is 2.30 bits per heavy atom. The predicted octanol–water partition coefficient (Wildman–Crippen LogP) is -1.45. The van der Waals surface area contributed by atoms with Crippen LogP contribution in [0.5, 0.6) is 0 Å². The van der Waals surface area contributed by atoms with Crippen LogP contribution in [0.2, 0.25) is 0 Å². The van der Waals surface area contributed by atoms with Gasteiger partial charge in [-0.2, -0.15) is 0 Å². The summed E-state index contributed by atoms with van der Waals surface area (Å²) in [6.45, 7) is -0.656. The molecule has 10 nitrogen and oxygen atoms in total. The van der Waals surface area contributed by atoms with Gasteiger partial charge in [0, 0.05) is 12.1 Å². The van der Waals surface area contributed by atoms with E-state index >= 15 is 0 Å². The highest BCUT2D eigenvalue weighted by Crippen LogP contribution is 2.23. The molecule has 1 saturated heterocycles. The van der Waals surface area contributed by atoms with Gasteiger partial charge < -0.3 is 29.9 Å². The molecule has 1 fully saturated rings. The standard InChI is InChI=1S/C13H15NO9/c15-5-8-9(16)10(17)11(18)13(22-8)23-12(19)6-1-3-7(4-2-6)14(20)21/h1-4,8-11,13,15-18H,5H2/t8-,9-,10+,11+,13-/m1/s1. The Labute approximate surface area is 129 Å². The molecule has 0 unspecified atom stereocenters. The number of nitro benzene ring substituents is 1. The van der Waals surface area contributed by atoms with Gasteiger partial charge in [-0.3, -0.25) is 10.1 Å². The smallest absolute Gasteiger partial charge is 0.340 e. The number of aliphatic hydroxyl groups excluding tert-OH is 4. The molecule has 0 radical (unpaired) electrons. The van der Waals surface area contributed by atoms with Gasteiger partial charge in [0.15, 0.2) is 0 Å². The highest BCUT2D eigenvalue weighted by atomic mass is 16.7. The topological polar surface area (TPSA) is 160 Å². The molecule has 2 rings (SSSR count). The fourth-order valence-corrected chi connectivity index (χ4v) is 2.06. The minimum Gasteiger partial charge on any atom is -0.429 e. The maximum atomic E-state index is 11.9. The maximum Gasteiger partial charge on any atom is 0.340 e. The normalized spacial score (nSPS) is 30.7. The molecule has 0 aliphatic carbocycles. The lowest BCUT2D eigenvalue weighted by atomic mass is 9.99. The third-order valence-corrected chi connectivity index (χ3v) is 3.39. The summed E-state index contributed by atoms with van der Waals surface area (Å²) >= 11 is 0. The third-order valence-electron chi connectivity index (χ3n) is 3.39. The summed E-state index contributed by atoms with van der Waals surface area (Å²) in [5.41, 5.74) is -0.248. The van der Waals surface area contributed by atoms with Crippen LogP contribution in [-0.2, 0) is 9.47 Å². The molecule has 0 amide bonds. The zero-order chi connectivity index (χ0) is 17.1. The quantitative estimate of drug-likeness (QED) is 0.294. The lowest BCUT2D eigenvalue weighted by Gasteiger charge is -2.39. The van der Waals surface area contributed by atoms with Gasteiger partial charge in [-0.15, -0.1) is 0 Å². The Balaban J connectivity index is 2.08. The van der Waals surface area contributed by atoms with Crippen LogP contribution in [0.15, 0.2) is 24.3 Å². The summed E-state index contributed by atoms with van der Waals surface area (Å²) in [4.78, 5) is 21.8. The van der Waals surface area contributed by atoms with E-state index in [0.717, 1.165) is 24.3 Å². The number of aliphatic hydroxyl groups is 4. The number of rotatable bonds is 4. The Morgan fingerprint density at radius 1 is 1.17 bits per heavy atom. The van der Waals surface area contributed by atoms with Gasteiger partial charge in [0.05, 0.1) is 17.1 Å². The van der Waals surface area contributed by atoms with E-state index in [-0.39, 0.29) is 11.3 Å². The van der Waals surface area contributed by atoms with Crippen molar-refractivity contribution in [1.29, 1.82) is 0 Å². The zero-order valence-corrected chi connectivity index (χ0v) is 11.7. The van der Waals surface area contributed by atoms with Crippen molar-refractivity contribution in [2.75, 3.05) is 6.61 Å². The fourth-order valence-electron chi connectivity index (χ4n) is 2.06. The van der Waals surface area contributed by atoms with E-state index in [1.54, 1.807) is 0 Å². The van der Waals surface area contributed by atoms with E-state index < -0.39 is 48.2 Å². The maximum absolute atomic E-state index is 11.9. The molecule has 10 heteroatoms. The van der Waals surface area contributed by atoms with E-state index in [0.29, 0.717) is 0 Å². The summed E-state index contributed by atoms with van der Waals surface area (Å²) in [6.07, 6.45) is -7.76. The Kier molecular flexibility index (Phi) is 5.23. The highest BCUT2D eigenvalue weighted by molar-refractivity contribution is 5.89. The van der Waals surface area contributed by atoms with Gasteiger partial charge >= 0.3 is 5.97 Å². The lowest BCUT2D eigenvalue weighted by molar-refractivity contribution is -0.384. The Morgan fingerprint density at radius 2 is 1.78 bits per heavy atom. The number of benzene rings is 1. The monoisotopic (exact) mass is 329 g/mol. The number of esters is 1. The summed E-state index contributed by atoms with van der Waals surface area (Å²) in [6, 6.07) is 4.52. The van der Waals surface area contributed by atoms with Crippen LogP contribution in [0.25, 0.3) is 0 Å². The summed E-state index contributed by atoms with van der Waals surface area (Å²) in [7, 11) is 0. The number of hydrogen-bond donors (Lipinski definition) is 4. The van der Waals surface area contributed by atoms with Crippen molar-refractivity contribution in [3.8, 4) is 0 Å². The van der Waals surface area contributed by atoms with Crippen molar-refractivity contribution in [3.05, 3.63) is 39.9 Å². The number of nitro groups is 1. The van der Waals surface area contributed by atoms with Crippen molar-refractivity contribution >= 4 is 11.7 Å². The molecule has 1 aliphatic heterocycles. The van der Waals surface area contributed by atoms with Crippen LogP contribution in [0.3, 0.4) is 0 Å². The number of nitrogens with zero attached hydrogens (tertiary/aromatic N) is 1. The molecule has 1 aliphatic rings. The Bertz CT molecular complexity index is 573. The number of carbonyl (C=O) groups is 1. The van der Waals surface area contributed by atoms with Crippen molar-refractivity contribution in [2.45, 2.75) is 30.7 Å². The molecule has 0 saturated carbocycles. The molecule has 0 bridgehead atoms. The minimum atomic E-state index is -1.71. The van der Waals surface area contributed by atoms with Crippen molar-refractivity contribution in [1.82, 2.24) is 0 Å². The third kappa shape index (κ3) is 3.63. The number of ether oxygens (including phenoxy) is 2. The van der Waals surface area contributed by atoms with Crippen LogP contribution < -0.4 is 0 Å². The molecule has 23 heavy (non-hydrogen) atoms. The van der Waals surface area contributed by atoms with Gasteiger partial charge in [0.2, 0.25) is 6.29 Å². The molecule has 0 aromatic heterocycles. The van der Waals surface area contributed by atoms with Crippen molar-refractivity contribution < 1.29 is 39.6 Å². The summed E-state index contributed by atoms with van der Waals surface area (Å²) in [5, 5.41) is 48.5. The number of non-ortho nitro benzene ring substituents is 1. The molecule has 1 aromatic rings. The average Bonchev–Trinajstić information content (AvgIpc) is 2.55. The van der Waals surface area contributed by atoms with E-state index in [2.05, 4.69) is 0 Å². The van der Waals surface area contributed by atoms with Crippen LogP contribution in [0, 0.1) is 10.1 Å². The first kappa shape index (κ1) is 17.2. The van der Waals surface area contributed by atoms with Gasteiger partial charge in [-0.05, 0) is 12.1 Å². The molecule has 1 heterocycles. The van der Waals surface area contributed by atoms with E-state index in [1.807, 2.05) is 0 Å². The first-order valence-electron chi connectivity index (χ1n) is 6.61. The van der Waals surface area contributed by atoms with Crippen LogP contribution >= 0.6 is 0 Å². The first-order valence-corrected chi connectivity index (χ1v) is 6.61. The van der Waals surface area contributed by atoms with Crippen LogP contribution in [0.4, 0.5) is 5.69 Å². The van der Waals surface area contributed by atoms with Crippen LogP contribution in [0.1, 0.15) is 10.4 Å². The molecular weight excluding hydrogens is 314 g/mol. The lowest BCUT2D eigenvalue weighted by Crippen LogP contribution is -2.59. The molecular formula is C13H15NO9. The highest BCUT2D eigenvalue weighted by Gasteiger charge is 2.45.